The molecule has 0 unspecified atom stereocenters. The first-order valence-electron chi connectivity index (χ1n) is 6.67. The normalized spacial score (nSPS) is 15.8. The molecule has 0 bridgehead atoms. The number of nitrogens with zero attached hydrogens (tertiary/aromatic N) is 1. The Hall–Kier alpha value is -0.470. The van der Waals surface area contributed by atoms with E-state index in [0.717, 1.165) is 5.92 Å². The molecule has 0 aromatic heterocycles. The third-order valence-corrected chi connectivity index (χ3v) is 4.30. The summed E-state index contributed by atoms with van der Waals surface area (Å²) in [6, 6.07) is 11.4. The smallest absolute Gasteiger partial charge is 0.0108 e. The van der Waals surface area contributed by atoms with Crippen molar-refractivity contribution in [2.75, 3.05) is 18.8 Å². The molecular weight excluding hydrogens is 226 g/mol. The summed E-state index contributed by atoms with van der Waals surface area (Å²) in [4.78, 5) is 4.02. The van der Waals surface area contributed by atoms with Gasteiger partial charge in [-0.25, -0.2) is 0 Å². The maximum atomic E-state index is 2.63. The molecule has 0 spiro atoms. The Labute approximate surface area is 110 Å². The highest BCUT2D eigenvalue weighted by molar-refractivity contribution is 7.99. The second-order valence-corrected chi connectivity index (χ2v) is 6.36. The quantitative estimate of drug-likeness (QED) is 0.674. The molecule has 17 heavy (non-hydrogen) atoms. The first-order chi connectivity index (χ1) is 8.25. The third-order valence-electron chi connectivity index (χ3n) is 3.31. The molecule has 1 aliphatic rings. The van der Waals surface area contributed by atoms with Crippen molar-refractivity contribution < 1.29 is 0 Å². The van der Waals surface area contributed by atoms with Gasteiger partial charge < -0.3 is 0 Å². The number of benzene rings is 1. The zero-order chi connectivity index (χ0) is 12.1. The molecule has 0 heterocycles. The molecule has 1 aromatic carbocycles. The Morgan fingerprint density at radius 2 is 1.94 bits per heavy atom. The van der Waals surface area contributed by atoms with Gasteiger partial charge in [0.1, 0.15) is 0 Å². The largest absolute Gasteiger partial charge is 0.300 e. The molecule has 0 atom stereocenters. The van der Waals surface area contributed by atoms with Gasteiger partial charge in [-0.15, -0.1) is 11.8 Å². The van der Waals surface area contributed by atoms with E-state index in [4.69, 9.17) is 0 Å². The van der Waals surface area contributed by atoms with Crippen molar-refractivity contribution in [2.45, 2.75) is 37.6 Å². The number of hydrogen-bond donors (Lipinski definition) is 0. The predicted octanol–water partition coefficient (Wildman–Crippen LogP) is 3.90. The molecule has 0 aliphatic heterocycles. The molecule has 1 aromatic rings. The highest BCUT2D eigenvalue weighted by Crippen LogP contribution is 2.30. The lowest BCUT2D eigenvalue weighted by Crippen LogP contribution is -2.34. The average molecular weight is 249 g/mol. The molecule has 0 amide bonds. The Morgan fingerprint density at radius 3 is 2.53 bits per heavy atom. The summed E-state index contributed by atoms with van der Waals surface area (Å²) in [5, 5.41) is 0. The monoisotopic (exact) mass is 249 g/mol. The van der Waals surface area contributed by atoms with Gasteiger partial charge in [0, 0.05) is 29.8 Å². The van der Waals surface area contributed by atoms with Crippen LogP contribution in [0.1, 0.15) is 26.7 Å². The van der Waals surface area contributed by atoms with Crippen molar-refractivity contribution in [3.63, 3.8) is 0 Å². The van der Waals surface area contributed by atoms with Crippen molar-refractivity contribution >= 4 is 11.8 Å². The van der Waals surface area contributed by atoms with Crippen LogP contribution in [0.4, 0.5) is 0 Å². The van der Waals surface area contributed by atoms with E-state index in [9.17, 15) is 0 Å². The lowest BCUT2D eigenvalue weighted by molar-refractivity contribution is 0.226. The van der Waals surface area contributed by atoms with Gasteiger partial charge in [0.15, 0.2) is 0 Å². The van der Waals surface area contributed by atoms with Crippen LogP contribution in [0.2, 0.25) is 0 Å². The molecule has 0 radical (unpaired) electrons. The predicted molar refractivity (Wildman–Crippen MR) is 76.6 cm³/mol. The highest BCUT2D eigenvalue weighted by Gasteiger charge is 2.25. The van der Waals surface area contributed by atoms with Gasteiger partial charge in [0.2, 0.25) is 0 Å². The van der Waals surface area contributed by atoms with Crippen LogP contribution in [0, 0.1) is 5.92 Å². The number of thioether (sulfide) groups is 1. The van der Waals surface area contributed by atoms with Crippen molar-refractivity contribution in [2.24, 2.45) is 5.92 Å². The van der Waals surface area contributed by atoms with Crippen LogP contribution in [0.3, 0.4) is 0 Å². The molecular formula is C15H23NS. The van der Waals surface area contributed by atoms with Gasteiger partial charge in [-0.05, 0) is 44.7 Å². The molecule has 0 N–H and O–H groups in total. The molecule has 1 nitrogen and oxygen atoms in total. The van der Waals surface area contributed by atoms with E-state index in [1.807, 2.05) is 11.8 Å². The molecule has 1 saturated carbocycles. The summed E-state index contributed by atoms with van der Waals surface area (Å²) >= 11 is 1.97. The van der Waals surface area contributed by atoms with E-state index >= 15 is 0 Å². The SMILES string of the molecule is CC(C)N(CCSc1ccccc1)CC1CC1. The third kappa shape index (κ3) is 4.72. The summed E-state index contributed by atoms with van der Waals surface area (Å²) in [6.45, 7) is 7.16. The van der Waals surface area contributed by atoms with E-state index in [-0.39, 0.29) is 0 Å². The average Bonchev–Trinajstić information content (AvgIpc) is 3.13. The summed E-state index contributed by atoms with van der Waals surface area (Å²) in [5.41, 5.74) is 0. The lowest BCUT2D eigenvalue weighted by atomic mass is 10.3. The van der Waals surface area contributed by atoms with Crippen LogP contribution >= 0.6 is 11.8 Å². The fourth-order valence-corrected chi connectivity index (χ4v) is 2.90. The number of hydrogen-bond acceptors (Lipinski definition) is 2. The zero-order valence-corrected chi connectivity index (χ0v) is 11.7. The van der Waals surface area contributed by atoms with Crippen LogP contribution in [0.15, 0.2) is 35.2 Å². The molecule has 1 aliphatic carbocycles. The van der Waals surface area contributed by atoms with Gasteiger partial charge >= 0.3 is 0 Å². The highest BCUT2D eigenvalue weighted by atomic mass is 32.2. The van der Waals surface area contributed by atoms with Gasteiger partial charge in [0.25, 0.3) is 0 Å². The minimum atomic E-state index is 0.687. The summed E-state index contributed by atoms with van der Waals surface area (Å²) in [7, 11) is 0. The maximum Gasteiger partial charge on any atom is 0.0108 e. The fourth-order valence-electron chi connectivity index (χ4n) is 1.99. The second kappa shape index (κ2) is 6.46. The van der Waals surface area contributed by atoms with Gasteiger partial charge in [0.05, 0.1) is 0 Å². The summed E-state index contributed by atoms with van der Waals surface area (Å²) < 4.78 is 0. The van der Waals surface area contributed by atoms with E-state index < -0.39 is 0 Å². The standard InChI is InChI=1S/C15H23NS/c1-13(2)16(12-14-8-9-14)10-11-17-15-6-4-3-5-7-15/h3-7,13-14H,8-12H2,1-2H3. The molecule has 94 valence electrons. The van der Waals surface area contributed by atoms with Crippen LogP contribution in [-0.4, -0.2) is 29.8 Å². The molecule has 0 saturated heterocycles. The fraction of sp³-hybridized carbons (Fsp3) is 0.600. The lowest BCUT2D eigenvalue weighted by Gasteiger charge is -2.26. The van der Waals surface area contributed by atoms with E-state index in [1.54, 1.807) is 0 Å². The first kappa shape index (κ1) is 13.0. The Kier molecular flexibility index (Phi) is 4.93. The summed E-state index contributed by atoms with van der Waals surface area (Å²) in [6.07, 6.45) is 2.91. The van der Waals surface area contributed by atoms with Gasteiger partial charge in [-0.3, -0.25) is 4.90 Å². The van der Waals surface area contributed by atoms with E-state index in [1.165, 1.54) is 36.6 Å². The van der Waals surface area contributed by atoms with Crippen molar-refractivity contribution in [3.05, 3.63) is 30.3 Å². The van der Waals surface area contributed by atoms with Crippen molar-refractivity contribution in [3.8, 4) is 0 Å². The topological polar surface area (TPSA) is 3.24 Å². The second-order valence-electron chi connectivity index (χ2n) is 5.19. The maximum absolute atomic E-state index is 2.63. The Balaban J connectivity index is 1.71. The molecule has 2 heteroatoms. The Bertz CT molecular complexity index is 319. The van der Waals surface area contributed by atoms with Crippen LogP contribution < -0.4 is 0 Å². The zero-order valence-electron chi connectivity index (χ0n) is 10.9. The van der Waals surface area contributed by atoms with Crippen molar-refractivity contribution in [1.82, 2.24) is 4.90 Å². The van der Waals surface area contributed by atoms with Gasteiger partial charge in [-0.1, -0.05) is 18.2 Å². The van der Waals surface area contributed by atoms with Crippen molar-refractivity contribution in [1.29, 1.82) is 0 Å². The Morgan fingerprint density at radius 1 is 1.24 bits per heavy atom. The van der Waals surface area contributed by atoms with Crippen LogP contribution in [-0.2, 0) is 0 Å². The van der Waals surface area contributed by atoms with Gasteiger partial charge in [-0.2, -0.15) is 0 Å². The molecule has 1 fully saturated rings. The van der Waals surface area contributed by atoms with Crippen LogP contribution in [0.5, 0.6) is 0 Å². The summed E-state index contributed by atoms with van der Waals surface area (Å²) in [5.74, 6) is 2.20. The number of rotatable bonds is 7. The van der Waals surface area contributed by atoms with Crippen LogP contribution in [0.25, 0.3) is 0 Å². The van der Waals surface area contributed by atoms with E-state index in [0.29, 0.717) is 6.04 Å². The minimum absolute atomic E-state index is 0.687. The first-order valence-corrected chi connectivity index (χ1v) is 7.66. The minimum Gasteiger partial charge on any atom is -0.300 e. The molecule has 2 rings (SSSR count). The van der Waals surface area contributed by atoms with E-state index in [2.05, 4.69) is 49.1 Å².